The molecule has 1 fully saturated rings. The number of hydrogen-bond acceptors (Lipinski definition) is 4. The Balaban J connectivity index is 2.89. The predicted octanol–water partition coefficient (Wildman–Crippen LogP) is 1.05. The second-order valence-electron chi connectivity index (χ2n) is 4.74. The van der Waals surface area contributed by atoms with Crippen molar-refractivity contribution in [3.63, 3.8) is 0 Å². The Morgan fingerprint density at radius 3 is 2.47 bits per heavy atom. The molecule has 0 aliphatic carbocycles. The average molecular weight is 237 g/mol. The molecule has 1 aliphatic rings. The molecule has 1 N–H and O–H groups in total. The van der Waals surface area contributed by atoms with Gasteiger partial charge in [-0.25, -0.2) is 4.79 Å². The molecule has 1 aliphatic heterocycles. The number of nitrogens with zero attached hydrogens (tertiary/aromatic N) is 1. The van der Waals surface area contributed by atoms with Crippen LogP contribution in [0.2, 0.25) is 0 Å². The van der Waals surface area contributed by atoms with Crippen LogP contribution in [0.5, 0.6) is 0 Å². The number of amides is 1. The normalized spacial score (nSPS) is 25.5. The molecule has 0 saturated carbocycles. The van der Waals surface area contributed by atoms with Crippen LogP contribution in [-0.4, -0.2) is 36.6 Å². The summed E-state index contributed by atoms with van der Waals surface area (Å²) >= 11 is 0. The van der Waals surface area contributed by atoms with Gasteiger partial charge in [-0.15, -0.1) is 0 Å². The fourth-order valence-corrected chi connectivity index (χ4v) is 2.71. The van der Waals surface area contributed by atoms with E-state index < -0.39 is 22.4 Å². The Hall–Kier alpha value is -0.820. The highest BCUT2D eigenvalue weighted by Crippen LogP contribution is 2.29. The van der Waals surface area contributed by atoms with E-state index in [1.165, 1.54) is 0 Å². The average Bonchev–Trinajstić information content (AvgIpc) is 2.22. The van der Waals surface area contributed by atoms with Crippen LogP contribution >= 0.6 is 0 Å². The minimum Gasteiger partial charge on any atom is -0.464 e. The van der Waals surface area contributed by atoms with Crippen LogP contribution in [0.4, 0.5) is 4.79 Å². The number of carbonyl (C=O) groups is 1. The maximum Gasteiger partial charge on any atom is 0.423 e. The van der Waals surface area contributed by atoms with E-state index in [0.717, 1.165) is 0 Å². The van der Waals surface area contributed by atoms with Crippen LogP contribution in [0.25, 0.3) is 0 Å². The quantitative estimate of drug-likeness (QED) is 0.736. The summed E-state index contributed by atoms with van der Waals surface area (Å²) in [6, 6.07) is -0.618. The smallest absolute Gasteiger partial charge is 0.423 e. The highest BCUT2D eigenvalue weighted by molar-refractivity contribution is 7.85. The summed E-state index contributed by atoms with van der Waals surface area (Å²) in [5.41, 5.74) is -0.151. The summed E-state index contributed by atoms with van der Waals surface area (Å²) in [5, 5.41) is 8.78. The topological polar surface area (TPSA) is 83.9 Å². The molecule has 6 nitrogen and oxygen atoms in total. The highest BCUT2D eigenvalue weighted by atomic mass is 32.2. The van der Waals surface area contributed by atoms with Gasteiger partial charge in [-0.05, 0) is 11.8 Å². The molecule has 0 aromatic heterocycles. The summed E-state index contributed by atoms with van der Waals surface area (Å²) in [6.07, 6.45) is -1.04. The molecule has 0 unspecified atom stereocenters. The molecule has 1 rings (SSSR count). The van der Waals surface area contributed by atoms with Crippen LogP contribution in [0, 0.1) is 5.41 Å². The van der Waals surface area contributed by atoms with E-state index in [1.807, 2.05) is 20.8 Å². The first-order chi connectivity index (χ1) is 6.63. The zero-order valence-electron chi connectivity index (χ0n) is 8.93. The van der Waals surface area contributed by atoms with Crippen LogP contribution in [0.3, 0.4) is 0 Å². The second kappa shape index (κ2) is 3.64. The van der Waals surface area contributed by atoms with Crippen molar-refractivity contribution in [2.24, 2.45) is 5.41 Å². The molecule has 0 aromatic rings. The molecule has 7 heteroatoms. The van der Waals surface area contributed by atoms with E-state index in [1.54, 1.807) is 0 Å². The van der Waals surface area contributed by atoms with Crippen LogP contribution in [0.15, 0.2) is 0 Å². The molecule has 88 valence electrons. The largest absolute Gasteiger partial charge is 0.464 e. The molecule has 1 saturated heterocycles. The molecule has 1 amide bonds. The Morgan fingerprint density at radius 1 is 1.53 bits per heavy atom. The fraction of sp³-hybridized carbons (Fsp3) is 0.875. The molecule has 0 aromatic carbocycles. The molecule has 0 spiro atoms. The van der Waals surface area contributed by atoms with E-state index in [9.17, 15) is 13.2 Å². The third-order valence-electron chi connectivity index (χ3n) is 2.02. The lowest BCUT2D eigenvalue weighted by Crippen LogP contribution is -2.40. The zero-order chi connectivity index (χ0) is 11.9. The predicted molar refractivity (Wildman–Crippen MR) is 52.6 cm³/mol. The van der Waals surface area contributed by atoms with Gasteiger partial charge in [-0.2, -0.15) is 12.7 Å². The van der Waals surface area contributed by atoms with E-state index in [4.69, 9.17) is 5.11 Å². The van der Waals surface area contributed by atoms with Crippen LogP contribution in [-0.2, 0) is 14.5 Å². The molecule has 1 atom stereocenters. The van der Waals surface area contributed by atoms with Crippen molar-refractivity contribution in [1.29, 1.82) is 0 Å². The second-order valence-corrected chi connectivity index (χ2v) is 6.22. The van der Waals surface area contributed by atoms with E-state index in [-0.39, 0.29) is 12.0 Å². The SMILES string of the molecule is CC(C)(C)C[C@H]1COS(=O)(=O)N1C(=O)O. The zero-order valence-corrected chi connectivity index (χ0v) is 9.74. The Morgan fingerprint density at radius 2 is 2.07 bits per heavy atom. The lowest BCUT2D eigenvalue weighted by Gasteiger charge is -2.25. The lowest BCUT2D eigenvalue weighted by molar-refractivity contribution is 0.154. The van der Waals surface area contributed by atoms with Gasteiger partial charge in [0.2, 0.25) is 0 Å². The van der Waals surface area contributed by atoms with Gasteiger partial charge in [0.05, 0.1) is 12.6 Å². The van der Waals surface area contributed by atoms with Gasteiger partial charge < -0.3 is 5.11 Å². The molecule has 0 bridgehead atoms. The highest BCUT2D eigenvalue weighted by Gasteiger charge is 2.43. The van der Waals surface area contributed by atoms with Gasteiger partial charge >= 0.3 is 16.4 Å². The lowest BCUT2D eigenvalue weighted by atomic mass is 9.88. The summed E-state index contributed by atoms with van der Waals surface area (Å²) in [4.78, 5) is 10.8. The number of hydrogen-bond donors (Lipinski definition) is 1. The third kappa shape index (κ3) is 2.82. The first-order valence-electron chi connectivity index (χ1n) is 4.55. The Bertz CT molecular complexity index is 356. The molecular formula is C8H15NO5S. The Labute approximate surface area is 89.1 Å². The van der Waals surface area contributed by atoms with Crippen molar-refractivity contribution in [1.82, 2.24) is 4.31 Å². The van der Waals surface area contributed by atoms with Crippen molar-refractivity contribution in [3.8, 4) is 0 Å². The van der Waals surface area contributed by atoms with Gasteiger partial charge in [0, 0.05) is 0 Å². The molecule has 0 radical (unpaired) electrons. The van der Waals surface area contributed by atoms with Crippen LogP contribution < -0.4 is 0 Å². The monoisotopic (exact) mass is 237 g/mol. The van der Waals surface area contributed by atoms with Crippen molar-refractivity contribution < 1.29 is 22.5 Å². The minimum absolute atomic E-state index is 0.0914. The third-order valence-corrected chi connectivity index (χ3v) is 3.39. The molecule has 1 heterocycles. The van der Waals surface area contributed by atoms with Crippen molar-refractivity contribution in [2.45, 2.75) is 33.2 Å². The van der Waals surface area contributed by atoms with Crippen molar-refractivity contribution in [3.05, 3.63) is 0 Å². The number of carboxylic acid groups (broad SMARTS) is 1. The van der Waals surface area contributed by atoms with E-state index in [2.05, 4.69) is 4.18 Å². The van der Waals surface area contributed by atoms with Gasteiger partial charge in [0.25, 0.3) is 0 Å². The van der Waals surface area contributed by atoms with E-state index >= 15 is 0 Å². The molecule has 15 heavy (non-hydrogen) atoms. The van der Waals surface area contributed by atoms with Crippen molar-refractivity contribution >= 4 is 16.4 Å². The summed E-state index contributed by atoms with van der Waals surface area (Å²) < 4.78 is 27.3. The standard InChI is InChI=1S/C8H15NO5S/c1-8(2,3)4-6-5-14-15(12,13)9(6)7(10)11/h6H,4-5H2,1-3H3,(H,10,11)/t6-/m0/s1. The van der Waals surface area contributed by atoms with E-state index in [0.29, 0.717) is 10.7 Å². The summed E-state index contributed by atoms with van der Waals surface area (Å²) in [5.74, 6) is 0. The summed E-state index contributed by atoms with van der Waals surface area (Å²) in [6.45, 7) is 5.65. The van der Waals surface area contributed by atoms with Crippen LogP contribution in [0.1, 0.15) is 27.2 Å². The maximum atomic E-state index is 11.2. The number of rotatable bonds is 1. The summed E-state index contributed by atoms with van der Waals surface area (Å²) in [7, 11) is -4.07. The Kier molecular flexibility index (Phi) is 2.97. The molecular weight excluding hydrogens is 222 g/mol. The maximum absolute atomic E-state index is 11.2. The fourth-order valence-electron chi connectivity index (χ4n) is 1.57. The van der Waals surface area contributed by atoms with Gasteiger partial charge in [-0.3, -0.25) is 4.18 Å². The first kappa shape index (κ1) is 12.3. The first-order valence-corrected chi connectivity index (χ1v) is 5.92. The van der Waals surface area contributed by atoms with Gasteiger partial charge in [0.1, 0.15) is 0 Å². The van der Waals surface area contributed by atoms with Crippen molar-refractivity contribution in [2.75, 3.05) is 6.61 Å². The minimum atomic E-state index is -4.07. The van der Waals surface area contributed by atoms with Gasteiger partial charge in [-0.1, -0.05) is 20.8 Å². The van der Waals surface area contributed by atoms with Gasteiger partial charge in [0.15, 0.2) is 0 Å².